The molecule has 106 valence electrons. The number of hydrogen-bond acceptors (Lipinski definition) is 4. The van der Waals surface area contributed by atoms with Gasteiger partial charge >= 0.3 is 0 Å². The summed E-state index contributed by atoms with van der Waals surface area (Å²) in [7, 11) is 2.00. The molecule has 1 aliphatic heterocycles. The van der Waals surface area contributed by atoms with Crippen LogP contribution in [0.4, 0.5) is 5.82 Å². The lowest BCUT2D eigenvalue weighted by Gasteiger charge is -2.24. The number of rotatable bonds is 3. The monoisotopic (exact) mass is 287 g/mol. The topological polar surface area (TPSA) is 28.2 Å². The Kier molecular flexibility index (Phi) is 4.43. The summed E-state index contributed by atoms with van der Waals surface area (Å²) in [6.45, 7) is 3.10. The maximum Gasteiger partial charge on any atom is 0.133 e. The minimum atomic E-state index is 0.872. The molecule has 1 aromatic carbocycles. The van der Waals surface area contributed by atoms with Crippen molar-refractivity contribution in [3.05, 3.63) is 35.9 Å². The molecule has 3 nitrogen and oxygen atoms in total. The number of para-hydroxylation sites is 1. The standard InChI is InChI=1S/C16H21N3S/c1-17-12-14-11-13-5-2-3-6-15(13)18-16(14)19-7-4-9-20-10-8-19/h2-3,5-6,11,17H,4,7-10,12H2,1H3. The smallest absolute Gasteiger partial charge is 0.133 e. The summed E-state index contributed by atoms with van der Waals surface area (Å²) in [4.78, 5) is 7.39. The Morgan fingerprint density at radius 2 is 2.15 bits per heavy atom. The second kappa shape index (κ2) is 6.46. The fourth-order valence-electron chi connectivity index (χ4n) is 2.70. The van der Waals surface area contributed by atoms with E-state index in [1.54, 1.807) is 0 Å². The summed E-state index contributed by atoms with van der Waals surface area (Å²) in [5, 5.41) is 4.50. The van der Waals surface area contributed by atoms with Crippen molar-refractivity contribution in [2.24, 2.45) is 0 Å². The molecule has 0 saturated carbocycles. The summed E-state index contributed by atoms with van der Waals surface area (Å²) in [6, 6.07) is 10.7. The van der Waals surface area contributed by atoms with Crippen molar-refractivity contribution < 1.29 is 0 Å². The molecular formula is C16H21N3S. The van der Waals surface area contributed by atoms with E-state index < -0.39 is 0 Å². The average Bonchev–Trinajstić information content (AvgIpc) is 2.76. The number of nitrogens with zero attached hydrogens (tertiary/aromatic N) is 2. The minimum Gasteiger partial charge on any atom is -0.355 e. The van der Waals surface area contributed by atoms with E-state index in [1.807, 2.05) is 7.05 Å². The molecule has 0 radical (unpaired) electrons. The quantitative estimate of drug-likeness (QED) is 0.939. The number of anilines is 1. The van der Waals surface area contributed by atoms with Gasteiger partial charge in [-0.1, -0.05) is 18.2 Å². The maximum atomic E-state index is 4.94. The van der Waals surface area contributed by atoms with E-state index in [2.05, 4.69) is 52.3 Å². The van der Waals surface area contributed by atoms with Crippen LogP contribution >= 0.6 is 11.8 Å². The average molecular weight is 287 g/mol. The van der Waals surface area contributed by atoms with E-state index in [0.29, 0.717) is 0 Å². The molecule has 2 aromatic rings. The lowest BCUT2D eigenvalue weighted by molar-refractivity contribution is 0.769. The van der Waals surface area contributed by atoms with Gasteiger partial charge in [0.05, 0.1) is 5.52 Å². The number of benzene rings is 1. The summed E-state index contributed by atoms with van der Waals surface area (Å²) >= 11 is 2.05. The zero-order chi connectivity index (χ0) is 13.8. The first-order valence-corrected chi connectivity index (χ1v) is 8.40. The molecule has 1 aromatic heterocycles. The minimum absolute atomic E-state index is 0.872. The highest BCUT2D eigenvalue weighted by atomic mass is 32.2. The molecule has 0 amide bonds. The van der Waals surface area contributed by atoms with Crippen LogP contribution in [-0.2, 0) is 6.54 Å². The van der Waals surface area contributed by atoms with Gasteiger partial charge in [0, 0.05) is 36.3 Å². The Morgan fingerprint density at radius 1 is 1.25 bits per heavy atom. The number of fused-ring (bicyclic) bond motifs is 1. The normalized spacial score (nSPS) is 16.4. The van der Waals surface area contributed by atoms with Crippen molar-refractivity contribution in [1.82, 2.24) is 10.3 Å². The van der Waals surface area contributed by atoms with Crippen molar-refractivity contribution in [2.75, 3.05) is 36.5 Å². The summed E-state index contributed by atoms with van der Waals surface area (Å²) in [5.74, 6) is 3.64. The van der Waals surface area contributed by atoms with E-state index in [1.165, 1.54) is 34.7 Å². The van der Waals surface area contributed by atoms with Crippen LogP contribution in [0, 0.1) is 0 Å². The molecule has 20 heavy (non-hydrogen) atoms. The fraction of sp³-hybridized carbons (Fsp3) is 0.438. The van der Waals surface area contributed by atoms with Crippen LogP contribution in [0.2, 0.25) is 0 Å². The molecule has 4 heteroatoms. The zero-order valence-corrected chi connectivity index (χ0v) is 12.7. The van der Waals surface area contributed by atoms with Crippen LogP contribution in [0.1, 0.15) is 12.0 Å². The van der Waals surface area contributed by atoms with Crippen LogP contribution in [0.25, 0.3) is 10.9 Å². The van der Waals surface area contributed by atoms with Gasteiger partial charge in [-0.25, -0.2) is 4.98 Å². The van der Waals surface area contributed by atoms with Gasteiger partial charge in [0.1, 0.15) is 5.82 Å². The summed E-state index contributed by atoms with van der Waals surface area (Å²) in [6.07, 6.45) is 1.25. The van der Waals surface area contributed by atoms with Gasteiger partial charge in [-0.3, -0.25) is 0 Å². The molecule has 0 spiro atoms. The predicted octanol–water partition coefficient (Wildman–Crippen LogP) is 2.90. The van der Waals surface area contributed by atoms with Gasteiger partial charge < -0.3 is 10.2 Å². The second-order valence-corrected chi connectivity index (χ2v) is 6.37. The Balaban J connectivity index is 2.03. The molecule has 2 heterocycles. The van der Waals surface area contributed by atoms with Crippen molar-refractivity contribution in [1.29, 1.82) is 0 Å². The maximum absolute atomic E-state index is 4.94. The highest BCUT2D eigenvalue weighted by molar-refractivity contribution is 7.99. The van der Waals surface area contributed by atoms with Crippen LogP contribution in [0.15, 0.2) is 30.3 Å². The molecule has 0 aliphatic carbocycles. The van der Waals surface area contributed by atoms with E-state index >= 15 is 0 Å². The number of pyridine rings is 1. The van der Waals surface area contributed by atoms with Crippen molar-refractivity contribution >= 4 is 28.5 Å². The predicted molar refractivity (Wildman–Crippen MR) is 88.7 cm³/mol. The van der Waals surface area contributed by atoms with Crippen LogP contribution in [0.5, 0.6) is 0 Å². The SMILES string of the molecule is CNCc1cc2ccccc2nc1N1CCCSCC1. The van der Waals surface area contributed by atoms with Gasteiger partial charge in [0.15, 0.2) is 0 Å². The van der Waals surface area contributed by atoms with E-state index in [4.69, 9.17) is 4.98 Å². The van der Waals surface area contributed by atoms with Crippen LogP contribution in [0.3, 0.4) is 0 Å². The number of hydrogen-bond donors (Lipinski definition) is 1. The first-order valence-electron chi connectivity index (χ1n) is 7.24. The van der Waals surface area contributed by atoms with Crippen molar-refractivity contribution in [2.45, 2.75) is 13.0 Å². The first-order chi connectivity index (χ1) is 9.88. The van der Waals surface area contributed by atoms with Crippen LogP contribution in [-0.4, -0.2) is 36.6 Å². The van der Waals surface area contributed by atoms with Gasteiger partial charge in [-0.05, 0) is 31.4 Å². The summed E-state index contributed by atoms with van der Waals surface area (Å²) < 4.78 is 0. The lowest BCUT2D eigenvalue weighted by Crippen LogP contribution is -2.28. The van der Waals surface area contributed by atoms with E-state index in [9.17, 15) is 0 Å². The van der Waals surface area contributed by atoms with E-state index in [-0.39, 0.29) is 0 Å². The molecule has 1 aliphatic rings. The first kappa shape index (κ1) is 13.7. The van der Waals surface area contributed by atoms with Gasteiger partial charge in [-0.2, -0.15) is 11.8 Å². The molecular weight excluding hydrogens is 266 g/mol. The zero-order valence-electron chi connectivity index (χ0n) is 11.9. The third-order valence-electron chi connectivity index (χ3n) is 3.67. The number of aromatic nitrogens is 1. The van der Waals surface area contributed by atoms with Gasteiger partial charge in [-0.15, -0.1) is 0 Å². The Hall–Kier alpha value is -1.26. The van der Waals surface area contributed by atoms with Crippen LogP contribution < -0.4 is 10.2 Å². The molecule has 0 bridgehead atoms. The number of thioether (sulfide) groups is 1. The second-order valence-electron chi connectivity index (χ2n) is 5.15. The molecule has 3 rings (SSSR count). The fourth-order valence-corrected chi connectivity index (χ4v) is 3.59. The molecule has 1 fully saturated rings. The third kappa shape index (κ3) is 2.91. The highest BCUT2D eigenvalue weighted by Crippen LogP contribution is 2.25. The third-order valence-corrected chi connectivity index (χ3v) is 4.72. The highest BCUT2D eigenvalue weighted by Gasteiger charge is 2.15. The molecule has 1 saturated heterocycles. The number of nitrogens with one attached hydrogen (secondary N) is 1. The van der Waals surface area contributed by atoms with E-state index in [0.717, 1.165) is 25.2 Å². The molecule has 0 unspecified atom stereocenters. The van der Waals surface area contributed by atoms with Gasteiger partial charge in [0.2, 0.25) is 0 Å². The lowest BCUT2D eigenvalue weighted by atomic mass is 10.1. The Morgan fingerprint density at radius 3 is 3.05 bits per heavy atom. The molecule has 0 atom stereocenters. The van der Waals surface area contributed by atoms with Gasteiger partial charge in [0.25, 0.3) is 0 Å². The van der Waals surface area contributed by atoms with Crippen molar-refractivity contribution in [3.8, 4) is 0 Å². The van der Waals surface area contributed by atoms with Crippen molar-refractivity contribution in [3.63, 3.8) is 0 Å². The molecule has 1 N–H and O–H groups in total. The largest absolute Gasteiger partial charge is 0.355 e. The summed E-state index contributed by atoms with van der Waals surface area (Å²) in [5.41, 5.74) is 2.40. The Labute approximate surface area is 124 Å². The Bertz CT molecular complexity index is 577.